The number of amides is 6. The number of nitrogens with zero attached hydrogens (tertiary/aromatic N) is 6. The summed E-state index contributed by atoms with van der Waals surface area (Å²) < 4.78 is 85.8. The van der Waals surface area contributed by atoms with Crippen molar-refractivity contribution in [2.75, 3.05) is 78.5 Å². The van der Waals surface area contributed by atoms with E-state index in [0.29, 0.717) is 105 Å². The standard InChI is InChI=1S/2C22H29FN2O2.C21H27FN2O2.C18H25FN2O2.C17H23FN2O2.C16H21FN2O2/c23-20-11-16(21(26)24-27)2-3-17(20)12-25-5-1-4-22(13-25)18-7-14-6-15(9-18)10-19(22)8-14;23-20-12-16(21(26)24-27)1-2-17(20)13-25-5-3-22(4-6-25)18-8-14-7-15(10-18)11-19(22)9-14;22-19-10-15(20(25)23-26)1-2-16(19)11-24-4-3-21(12-24)17-6-13-5-14(8-17)9-18(21)7-13;19-16-12-14(17(22)20-23)4-5-15(16)13-21-10-8-18(9-11-21)6-2-1-3-7-18;18-15-10-13(16(21)19-22)4-5-14(15)11-20-9-8-17(12-20)6-2-1-3-7-17;17-14-9-12(15(20)18-21)3-4-13(14)10-19-8-7-16(11-19)5-1-2-6-16/h2-3,11,14-15,18-19,27H,1,4-10,12-13H2,(H,24,26);1-2,12,14-15,18-19,27H,3-11,13H2,(H,24,26);1-2,10,13-14,17-18,26H,3-9,11-12H2,(H,23,25);4-5,12,23H,1-3,6-11,13H2,(H,20,22);4-5,10,22H,1-3,6-9,11-12H2,(H,19,21);3-4,9,21H,1-2,5-8,10-11H2,(H,18,20). The van der Waals surface area contributed by atoms with Crippen LogP contribution in [0.25, 0.3) is 0 Å². The molecule has 6 saturated heterocycles. The Morgan fingerprint density at radius 3 is 0.705 bits per heavy atom. The fourth-order valence-electron chi connectivity index (χ4n) is 33.4. The van der Waals surface area contributed by atoms with Crippen molar-refractivity contribution in [3.8, 4) is 0 Å². The van der Waals surface area contributed by atoms with E-state index in [1.165, 1.54) is 297 Å². The highest BCUT2D eigenvalue weighted by molar-refractivity contribution is 5.96. The lowest BCUT2D eigenvalue weighted by Crippen LogP contribution is -2.59. The number of halogens is 6. The summed E-state index contributed by atoms with van der Waals surface area (Å²) in [5, 5.41) is 51.9. The summed E-state index contributed by atoms with van der Waals surface area (Å²) >= 11 is 0. The monoisotopic (exact) mass is 2020 g/mol. The molecular weight excluding hydrogens is 1870 g/mol. The van der Waals surface area contributed by atoms with Gasteiger partial charge in [0.25, 0.3) is 35.4 Å². The molecule has 6 aromatic carbocycles. The first kappa shape index (κ1) is 106. The second-order valence-corrected chi connectivity index (χ2v) is 48.7. The average Bonchev–Trinajstić information content (AvgIpc) is 1.30. The molecule has 24 nitrogen and oxygen atoms in total. The zero-order valence-corrected chi connectivity index (χ0v) is 85.0. The minimum Gasteiger partial charge on any atom is -0.299 e. The average molecular weight is 2020 g/mol. The maximum Gasteiger partial charge on any atom is 0.274 e. The summed E-state index contributed by atoms with van der Waals surface area (Å²) in [6, 6.07) is 26.6. The topological polar surface area (TPSA) is 315 Å². The maximum atomic E-state index is 14.5. The van der Waals surface area contributed by atoms with E-state index in [2.05, 4.69) is 29.4 Å². The van der Waals surface area contributed by atoms with E-state index in [-0.39, 0.29) is 68.3 Å². The van der Waals surface area contributed by atoms with Gasteiger partial charge < -0.3 is 0 Å². The van der Waals surface area contributed by atoms with Crippen molar-refractivity contribution in [3.63, 3.8) is 0 Å². The quantitative estimate of drug-likeness (QED) is 0.0216. The Morgan fingerprint density at radius 2 is 0.432 bits per heavy atom. The van der Waals surface area contributed by atoms with Crippen LogP contribution in [0, 0.1) is 138 Å². The number of piperidine rings is 3. The highest BCUT2D eigenvalue weighted by atomic mass is 19.1. The molecule has 12 bridgehead atoms. The number of hydroxylamine groups is 6. The van der Waals surface area contributed by atoms with Crippen molar-refractivity contribution >= 4 is 35.4 Å². The zero-order chi connectivity index (χ0) is 102. The van der Waals surface area contributed by atoms with E-state index in [0.717, 1.165) is 150 Å². The molecular formula is C116H154F6N12O12. The van der Waals surface area contributed by atoms with Gasteiger partial charge in [0.15, 0.2) is 0 Å². The van der Waals surface area contributed by atoms with Crippen molar-refractivity contribution in [1.29, 1.82) is 0 Å². The predicted octanol–water partition coefficient (Wildman–Crippen LogP) is 20.9. The van der Waals surface area contributed by atoms with Gasteiger partial charge >= 0.3 is 0 Å². The number of nitrogens with one attached hydrogen (secondary N) is 6. The Balaban J connectivity index is 0.000000111. The van der Waals surface area contributed by atoms with E-state index < -0.39 is 35.4 Å². The number of rotatable bonds is 18. The highest BCUT2D eigenvalue weighted by Gasteiger charge is 2.62. The van der Waals surface area contributed by atoms with Gasteiger partial charge in [0, 0.05) is 132 Å². The van der Waals surface area contributed by atoms with Crippen molar-refractivity contribution in [1.82, 2.24) is 62.3 Å². The summed E-state index contributed by atoms with van der Waals surface area (Å²) in [4.78, 5) is 82.4. The first-order valence-corrected chi connectivity index (χ1v) is 55.3. The lowest BCUT2D eigenvalue weighted by molar-refractivity contribution is -0.140. The molecule has 21 fully saturated rings. The molecule has 6 spiro atoms. The number of hydrogen-bond acceptors (Lipinski definition) is 18. The highest BCUT2D eigenvalue weighted by Crippen LogP contribution is 2.69. The SMILES string of the molecule is O=C(NO)c1ccc(CN2CCC3(C2)C2CC4CC(C2)CC3C4)c(F)c1.O=C(NO)c1ccc(CN2CCC3(CC2)C2CC4CC(C2)CC3C4)c(F)c1.O=C(NO)c1ccc(CN2CCC3(CCCC3)C2)c(F)c1.O=C(NO)c1ccc(CN2CCC3(CCCCC3)C2)c(F)c1.O=C(NO)c1ccc(CN2CCC3(CCCCC3)CC2)c(F)c1.O=C(NO)c1ccc(CN2CCCC3(C2)C2CC4CC(C2)CC3C4)c(F)c1. The van der Waals surface area contributed by atoms with Crippen molar-refractivity contribution in [2.24, 2.45) is 104 Å². The van der Waals surface area contributed by atoms with E-state index in [1.807, 2.05) is 0 Å². The number of benzene rings is 6. The Kier molecular flexibility index (Phi) is 33.2. The molecule has 6 aliphatic heterocycles. The molecule has 27 rings (SSSR count). The largest absolute Gasteiger partial charge is 0.299 e. The maximum absolute atomic E-state index is 14.5. The van der Waals surface area contributed by atoms with Crippen molar-refractivity contribution < 1.29 is 86.4 Å². The molecule has 792 valence electrons. The van der Waals surface area contributed by atoms with Crippen LogP contribution >= 0.6 is 0 Å². The summed E-state index contributed by atoms with van der Waals surface area (Å²) in [5.41, 5.74) is 16.8. The lowest BCUT2D eigenvalue weighted by Gasteiger charge is -2.64. The zero-order valence-electron chi connectivity index (χ0n) is 85.0. The molecule has 6 aromatic rings. The molecule has 6 amide bonds. The number of carbonyl (C=O) groups excluding carboxylic acids is 6. The molecule has 0 atom stereocenters. The third kappa shape index (κ3) is 23.3. The number of likely N-dealkylation sites (tertiary alicyclic amines) is 6. The van der Waals surface area contributed by atoms with Crippen LogP contribution in [-0.4, -0.2) is 175 Å². The van der Waals surface area contributed by atoms with Crippen LogP contribution < -0.4 is 32.9 Å². The minimum atomic E-state index is -0.688. The number of hydrogen-bond donors (Lipinski definition) is 12. The van der Waals surface area contributed by atoms with Crippen LogP contribution in [0.15, 0.2) is 109 Å². The summed E-state index contributed by atoms with van der Waals surface area (Å²) in [6.07, 6.45) is 51.8. The second kappa shape index (κ2) is 45.8. The Labute approximate surface area is 855 Å². The van der Waals surface area contributed by atoms with Crippen LogP contribution in [0.5, 0.6) is 0 Å². The molecule has 0 radical (unpaired) electrons. The smallest absolute Gasteiger partial charge is 0.274 e. The van der Waals surface area contributed by atoms with E-state index in [1.54, 1.807) is 89.2 Å². The van der Waals surface area contributed by atoms with Crippen molar-refractivity contribution in [3.05, 3.63) is 211 Å². The summed E-state index contributed by atoms with van der Waals surface area (Å²) in [5.74, 6) is 5.08. The van der Waals surface area contributed by atoms with Gasteiger partial charge in [-0.25, -0.2) is 59.2 Å². The second-order valence-electron chi connectivity index (χ2n) is 48.7. The van der Waals surface area contributed by atoms with Crippen LogP contribution in [0.2, 0.25) is 0 Å². The van der Waals surface area contributed by atoms with Crippen LogP contribution in [0.4, 0.5) is 26.3 Å². The lowest BCUT2D eigenvalue weighted by atomic mass is 9.43. The van der Waals surface area contributed by atoms with E-state index in [9.17, 15) is 55.1 Å². The summed E-state index contributed by atoms with van der Waals surface area (Å²) in [6.45, 7) is 16.2. The fourth-order valence-corrected chi connectivity index (χ4v) is 33.4. The van der Waals surface area contributed by atoms with E-state index in [4.69, 9.17) is 31.2 Å². The number of carbonyl (C=O) groups is 6. The van der Waals surface area contributed by atoms with Crippen LogP contribution in [0.1, 0.15) is 340 Å². The fraction of sp³-hybridized carbons (Fsp3) is 0.638. The normalized spacial score (nSPS) is 29.7. The summed E-state index contributed by atoms with van der Waals surface area (Å²) in [7, 11) is 0. The van der Waals surface area contributed by atoms with Gasteiger partial charge in [0.1, 0.15) is 34.9 Å². The van der Waals surface area contributed by atoms with Crippen LogP contribution in [-0.2, 0) is 39.3 Å². The van der Waals surface area contributed by atoms with Crippen LogP contribution in [0.3, 0.4) is 0 Å². The van der Waals surface area contributed by atoms with E-state index >= 15 is 0 Å². The van der Waals surface area contributed by atoms with Gasteiger partial charge in [0.2, 0.25) is 0 Å². The van der Waals surface area contributed by atoms with Gasteiger partial charge in [0.05, 0.1) is 0 Å². The first-order valence-electron chi connectivity index (χ1n) is 55.3. The van der Waals surface area contributed by atoms with Gasteiger partial charge in [-0.05, 0) is 421 Å². The molecule has 0 aromatic heterocycles. The third-order valence-corrected chi connectivity index (χ3v) is 40.4. The molecule has 15 saturated carbocycles. The predicted molar refractivity (Wildman–Crippen MR) is 538 cm³/mol. The van der Waals surface area contributed by atoms with Gasteiger partial charge in [-0.2, -0.15) is 0 Å². The van der Waals surface area contributed by atoms with Gasteiger partial charge in [-0.1, -0.05) is 87.8 Å². The molecule has 15 aliphatic carbocycles. The van der Waals surface area contributed by atoms with Crippen molar-refractivity contribution in [2.45, 2.75) is 283 Å². The van der Waals surface area contributed by atoms with Gasteiger partial charge in [-0.15, -0.1) is 0 Å². The molecule has 12 N–H and O–H groups in total. The molecule has 146 heavy (non-hydrogen) atoms. The Bertz CT molecular complexity index is 5530. The molecule has 30 heteroatoms. The molecule has 0 unspecified atom stereocenters. The first-order chi connectivity index (χ1) is 70.6. The molecule has 21 aliphatic rings. The van der Waals surface area contributed by atoms with Gasteiger partial charge in [-0.3, -0.25) is 89.4 Å². The Morgan fingerprint density at radius 1 is 0.226 bits per heavy atom. The minimum absolute atomic E-state index is 0.132. The third-order valence-electron chi connectivity index (χ3n) is 40.4. The molecule has 6 heterocycles. The Hall–Kier alpha value is -8.76.